The summed E-state index contributed by atoms with van der Waals surface area (Å²) in [7, 11) is 0. The van der Waals surface area contributed by atoms with Crippen LogP contribution in [-0.4, -0.2) is 15.8 Å². The van der Waals surface area contributed by atoms with Crippen molar-refractivity contribution in [2.75, 3.05) is 0 Å². The van der Waals surface area contributed by atoms with Crippen molar-refractivity contribution in [3.8, 4) is 11.8 Å². The Hall–Kier alpha value is -3.22. The van der Waals surface area contributed by atoms with Crippen LogP contribution in [0.15, 0.2) is 77.7 Å². The number of rotatable bonds is 2. The van der Waals surface area contributed by atoms with Crippen molar-refractivity contribution in [2.45, 2.75) is 30.4 Å². The quantitative estimate of drug-likeness (QED) is 0.496. The van der Waals surface area contributed by atoms with Gasteiger partial charge in [0.2, 0.25) is 0 Å². The van der Waals surface area contributed by atoms with Gasteiger partial charge >= 0.3 is 5.97 Å². The summed E-state index contributed by atoms with van der Waals surface area (Å²) >= 11 is 1.86. The van der Waals surface area contributed by atoms with Crippen LogP contribution in [0.2, 0.25) is 0 Å². The smallest absolute Gasteiger partial charge is 0.335 e. The number of hydrogen-bond acceptors (Lipinski definition) is 2. The van der Waals surface area contributed by atoms with E-state index in [-0.39, 0.29) is 10.3 Å². The number of hydrogen-bond donors (Lipinski definition) is 1. The van der Waals surface area contributed by atoms with Gasteiger partial charge in [0.15, 0.2) is 0 Å². The normalized spacial score (nSPS) is 14.2. The first-order valence-electron chi connectivity index (χ1n) is 9.79. The first kappa shape index (κ1) is 20.1. The summed E-state index contributed by atoms with van der Waals surface area (Å²) < 4.78 is 0.0201. The zero-order valence-corrected chi connectivity index (χ0v) is 18.0. The van der Waals surface area contributed by atoms with Gasteiger partial charge in [-0.15, -0.1) is 11.8 Å². The van der Waals surface area contributed by atoms with E-state index in [1.54, 1.807) is 24.3 Å². The average molecular weight is 411 g/mol. The molecule has 0 aliphatic carbocycles. The first-order chi connectivity index (χ1) is 14.3. The third kappa shape index (κ3) is 4.35. The minimum absolute atomic E-state index is 0.0201. The Bertz CT molecular complexity index is 1200. The molecule has 4 rings (SSSR count). The van der Waals surface area contributed by atoms with E-state index in [4.69, 9.17) is 5.11 Å². The second kappa shape index (κ2) is 7.89. The highest BCUT2D eigenvalue weighted by Crippen LogP contribution is 2.46. The summed E-state index contributed by atoms with van der Waals surface area (Å²) in [5, 5.41) is 9.02. The molecule has 0 saturated carbocycles. The van der Waals surface area contributed by atoms with E-state index in [1.807, 2.05) is 11.8 Å². The highest BCUT2D eigenvalue weighted by Gasteiger charge is 2.26. The van der Waals surface area contributed by atoms with Gasteiger partial charge in [-0.1, -0.05) is 47.7 Å². The molecule has 0 spiro atoms. The maximum atomic E-state index is 11.0. The number of aryl methyl sites for hydroxylation is 1. The van der Waals surface area contributed by atoms with E-state index in [2.05, 4.69) is 81.2 Å². The fourth-order valence-corrected chi connectivity index (χ4v) is 4.62. The lowest BCUT2D eigenvalue weighted by Gasteiger charge is -2.29. The Morgan fingerprint density at radius 2 is 1.53 bits per heavy atom. The summed E-state index contributed by atoms with van der Waals surface area (Å²) in [6.07, 6.45) is 2.34. The minimum atomic E-state index is -0.931. The van der Waals surface area contributed by atoms with Crippen LogP contribution in [0, 0.1) is 18.8 Å². The Morgan fingerprint density at radius 1 is 0.900 bits per heavy atom. The largest absolute Gasteiger partial charge is 0.478 e. The number of carbonyl (C=O) groups is 1. The molecule has 0 fully saturated rings. The molecule has 148 valence electrons. The molecule has 1 aliphatic rings. The molecule has 1 aliphatic heterocycles. The van der Waals surface area contributed by atoms with E-state index in [1.165, 1.54) is 27.2 Å². The average Bonchev–Trinajstić information content (AvgIpc) is 2.72. The first-order valence-corrected chi connectivity index (χ1v) is 10.6. The van der Waals surface area contributed by atoms with Crippen molar-refractivity contribution in [3.63, 3.8) is 0 Å². The molecule has 1 N–H and O–H groups in total. The van der Waals surface area contributed by atoms with Crippen LogP contribution >= 0.6 is 11.8 Å². The Kier molecular flexibility index (Phi) is 5.28. The summed E-state index contributed by atoms with van der Waals surface area (Å²) in [4.78, 5) is 12.3. The van der Waals surface area contributed by atoms with Gasteiger partial charge in [0.25, 0.3) is 0 Å². The SMILES string of the molecule is Cc1ccc(C2=CC(C)(C)Sc3ccc(C#Cc4ccc(C(=O)O)cc4)cc32)cc1. The van der Waals surface area contributed by atoms with Crippen LogP contribution in [-0.2, 0) is 0 Å². The van der Waals surface area contributed by atoms with Crippen molar-refractivity contribution < 1.29 is 9.90 Å². The lowest BCUT2D eigenvalue weighted by Crippen LogP contribution is -2.16. The molecule has 3 heteroatoms. The molecule has 2 nitrogen and oxygen atoms in total. The van der Waals surface area contributed by atoms with Crippen molar-refractivity contribution in [1.29, 1.82) is 0 Å². The van der Waals surface area contributed by atoms with Gasteiger partial charge in [-0.2, -0.15) is 0 Å². The van der Waals surface area contributed by atoms with Crippen molar-refractivity contribution >= 4 is 23.3 Å². The third-order valence-corrected chi connectivity index (χ3v) is 6.20. The highest BCUT2D eigenvalue weighted by atomic mass is 32.2. The molecule has 3 aromatic rings. The van der Waals surface area contributed by atoms with E-state index >= 15 is 0 Å². The summed E-state index contributed by atoms with van der Waals surface area (Å²) in [5.74, 6) is 5.44. The van der Waals surface area contributed by atoms with Crippen LogP contribution in [0.3, 0.4) is 0 Å². The van der Waals surface area contributed by atoms with Crippen molar-refractivity contribution in [3.05, 3.63) is 106 Å². The fourth-order valence-electron chi connectivity index (χ4n) is 3.46. The van der Waals surface area contributed by atoms with Crippen LogP contribution in [0.5, 0.6) is 0 Å². The maximum Gasteiger partial charge on any atom is 0.335 e. The zero-order chi connectivity index (χ0) is 21.3. The number of aromatic carboxylic acids is 1. The van der Waals surface area contributed by atoms with Gasteiger partial charge in [-0.05, 0) is 79.9 Å². The lowest BCUT2D eigenvalue weighted by molar-refractivity contribution is 0.0697. The van der Waals surface area contributed by atoms with Gasteiger partial charge in [0.05, 0.1) is 5.56 Å². The molecule has 0 saturated heterocycles. The Morgan fingerprint density at radius 3 is 2.20 bits per heavy atom. The number of fused-ring (bicyclic) bond motifs is 1. The van der Waals surface area contributed by atoms with E-state index in [9.17, 15) is 4.79 Å². The van der Waals surface area contributed by atoms with Gasteiger partial charge in [-0.3, -0.25) is 0 Å². The molecular formula is C27H22O2S. The Balaban J connectivity index is 1.71. The van der Waals surface area contributed by atoms with E-state index in [0.717, 1.165) is 11.1 Å². The summed E-state index contributed by atoms with van der Waals surface area (Å²) in [5.41, 5.74) is 6.90. The summed E-state index contributed by atoms with van der Waals surface area (Å²) in [6.45, 7) is 6.58. The number of benzene rings is 3. The second-order valence-corrected chi connectivity index (χ2v) is 9.67. The predicted octanol–water partition coefficient (Wildman–Crippen LogP) is 6.41. The van der Waals surface area contributed by atoms with Gasteiger partial charge in [-0.25, -0.2) is 4.79 Å². The van der Waals surface area contributed by atoms with E-state index < -0.39 is 5.97 Å². The standard InChI is InChI=1S/C27H22O2S/c1-18-4-11-21(12-5-18)24-17-27(2,3)30-25-15-10-20(16-23(24)25)7-6-19-8-13-22(14-9-19)26(28)29/h4-5,8-17H,1-3H3,(H,28,29). The van der Waals surface area contributed by atoms with Gasteiger partial charge < -0.3 is 5.11 Å². The monoisotopic (exact) mass is 410 g/mol. The van der Waals surface area contributed by atoms with E-state index in [0.29, 0.717) is 0 Å². The molecular weight excluding hydrogens is 388 g/mol. The molecule has 0 radical (unpaired) electrons. The summed E-state index contributed by atoms with van der Waals surface area (Å²) in [6, 6.07) is 21.7. The number of carboxylic acid groups (broad SMARTS) is 1. The molecule has 0 amide bonds. The highest BCUT2D eigenvalue weighted by molar-refractivity contribution is 8.01. The predicted molar refractivity (Wildman–Crippen MR) is 124 cm³/mol. The van der Waals surface area contributed by atoms with Crippen LogP contribution in [0.1, 0.15) is 52.0 Å². The van der Waals surface area contributed by atoms with Crippen LogP contribution in [0.25, 0.3) is 5.57 Å². The zero-order valence-electron chi connectivity index (χ0n) is 17.2. The molecule has 0 unspecified atom stereocenters. The van der Waals surface area contributed by atoms with Gasteiger partial charge in [0, 0.05) is 20.8 Å². The molecule has 1 heterocycles. The third-order valence-electron chi connectivity index (χ3n) is 4.98. The molecule has 0 aromatic heterocycles. The van der Waals surface area contributed by atoms with Gasteiger partial charge in [0.1, 0.15) is 0 Å². The molecule has 0 bridgehead atoms. The fraction of sp³-hybridized carbons (Fsp3) is 0.148. The Labute approximate surface area is 181 Å². The molecule has 30 heavy (non-hydrogen) atoms. The number of carboxylic acids is 1. The second-order valence-electron chi connectivity index (χ2n) is 7.97. The van der Waals surface area contributed by atoms with Crippen LogP contribution in [0.4, 0.5) is 0 Å². The van der Waals surface area contributed by atoms with Crippen molar-refractivity contribution in [1.82, 2.24) is 0 Å². The maximum absolute atomic E-state index is 11.0. The number of thioether (sulfide) groups is 1. The topological polar surface area (TPSA) is 37.3 Å². The van der Waals surface area contributed by atoms with Crippen LogP contribution < -0.4 is 0 Å². The lowest BCUT2D eigenvalue weighted by atomic mass is 9.92. The molecule has 3 aromatic carbocycles. The minimum Gasteiger partial charge on any atom is -0.478 e. The molecule has 0 atom stereocenters. The van der Waals surface area contributed by atoms with Crippen molar-refractivity contribution in [2.24, 2.45) is 0 Å².